The zero-order valence-electron chi connectivity index (χ0n) is 18.8. The highest BCUT2D eigenvalue weighted by molar-refractivity contribution is 7.80. The Labute approximate surface area is 206 Å². The Bertz CT molecular complexity index is 820. The van der Waals surface area contributed by atoms with Crippen LogP contribution < -0.4 is 38.9 Å². The molecule has 198 valence electrons. The summed E-state index contributed by atoms with van der Waals surface area (Å²) in [7, 11) is 0. The first kappa shape index (κ1) is 31.4. The lowest BCUT2D eigenvalue weighted by Crippen LogP contribution is -2.58. The Morgan fingerprint density at radius 2 is 1.37 bits per heavy atom. The van der Waals surface area contributed by atoms with E-state index in [0.29, 0.717) is 6.42 Å². The van der Waals surface area contributed by atoms with Crippen LogP contribution in [0.1, 0.15) is 32.1 Å². The molecule has 4 atom stereocenters. The highest BCUT2D eigenvalue weighted by Crippen LogP contribution is 2.03. The van der Waals surface area contributed by atoms with Crippen LogP contribution >= 0.6 is 12.6 Å². The minimum atomic E-state index is -1.64. The molecule has 0 bridgehead atoms. The van der Waals surface area contributed by atoms with E-state index in [0.717, 1.165) is 0 Å². The Morgan fingerprint density at radius 3 is 1.86 bits per heavy atom. The molecule has 13 N–H and O–H groups in total. The van der Waals surface area contributed by atoms with Crippen LogP contribution in [0.2, 0.25) is 0 Å². The molecule has 0 aromatic carbocycles. The monoisotopic (exact) mass is 520 g/mol. The Balaban J connectivity index is 5.25. The number of carbonyl (C=O) groups excluding carboxylic acids is 4. The van der Waals surface area contributed by atoms with Crippen molar-refractivity contribution < 1.29 is 39.0 Å². The first-order chi connectivity index (χ1) is 16.3. The highest BCUT2D eigenvalue weighted by atomic mass is 32.1. The van der Waals surface area contributed by atoms with Crippen LogP contribution in [0.4, 0.5) is 0 Å². The Morgan fingerprint density at radius 1 is 0.829 bits per heavy atom. The second-order valence-electron chi connectivity index (χ2n) is 7.36. The second kappa shape index (κ2) is 16.1. The molecule has 0 saturated heterocycles. The number of carboxylic acids is 2. The van der Waals surface area contributed by atoms with Gasteiger partial charge in [-0.1, -0.05) is 0 Å². The number of hydrogen-bond donors (Lipinski definition) is 10. The number of aliphatic carboxylic acids is 2. The molecular formula is C18H32N8O8S. The van der Waals surface area contributed by atoms with Crippen molar-refractivity contribution >= 4 is 54.2 Å². The summed E-state index contributed by atoms with van der Waals surface area (Å²) in [5.41, 5.74) is 21.2. The molecule has 0 aromatic rings. The van der Waals surface area contributed by atoms with E-state index in [9.17, 15) is 28.8 Å². The molecule has 0 heterocycles. The van der Waals surface area contributed by atoms with Crippen LogP contribution in [0.25, 0.3) is 0 Å². The van der Waals surface area contributed by atoms with Gasteiger partial charge in [-0.2, -0.15) is 12.6 Å². The molecule has 0 rings (SSSR count). The molecule has 0 saturated carbocycles. The van der Waals surface area contributed by atoms with Gasteiger partial charge in [-0.25, -0.2) is 4.79 Å². The number of primary amides is 1. The maximum atomic E-state index is 12.7. The highest BCUT2D eigenvalue weighted by Gasteiger charge is 2.30. The van der Waals surface area contributed by atoms with Crippen LogP contribution in [-0.4, -0.2) is 88.2 Å². The van der Waals surface area contributed by atoms with Crippen LogP contribution in [0.5, 0.6) is 0 Å². The normalized spacial score (nSPS) is 13.9. The molecule has 16 nitrogen and oxygen atoms in total. The standard InChI is InChI=1S/C18H32N8O8S/c19-8(2-1-5-23-18(21)22)14(30)24-9(3-4-13(28)29)15(31)26-11(7-35)16(32)25-10(17(33)34)6-12(20)27/h8-11,35H,1-7,19H2,(H2,20,27)(H,24,30)(H,25,32)(H,26,31)(H,28,29)(H,33,34)(H4,21,22,23). The zero-order chi connectivity index (χ0) is 27.1. The van der Waals surface area contributed by atoms with Crippen LogP contribution in [0.3, 0.4) is 0 Å². The third kappa shape index (κ3) is 13.6. The lowest BCUT2D eigenvalue weighted by Gasteiger charge is -2.24. The number of nitrogens with two attached hydrogens (primary N) is 4. The smallest absolute Gasteiger partial charge is 0.326 e. The first-order valence-corrected chi connectivity index (χ1v) is 11.0. The lowest BCUT2D eigenvalue weighted by molar-refractivity contribution is -0.143. The first-order valence-electron chi connectivity index (χ1n) is 10.3. The van der Waals surface area contributed by atoms with Crippen LogP contribution in [0.15, 0.2) is 4.99 Å². The number of guanidine groups is 1. The van der Waals surface area contributed by atoms with Gasteiger partial charge < -0.3 is 49.1 Å². The Kier molecular flexibility index (Phi) is 14.4. The molecule has 0 spiro atoms. The van der Waals surface area contributed by atoms with Gasteiger partial charge in [0, 0.05) is 18.7 Å². The van der Waals surface area contributed by atoms with Gasteiger partial charge in [0.1, 0.15) is 18.1 Å². The van der Waals surface area contributed by atoms with Crippen molar-refractivity contribution in [3.8, 4) is 0 Å². The molecular weight excluding hydrogens is 488 g/mol. The SMILES string of the molecule is NC(=O)CC(NC(=O)C(CS)NC(=O)C(CCC(=O)O)NC(=O)C(N)CCCN=C(N)N)C(=O)O. The molecule has 0 aromatic heterocycles. The van der Waals surface area contributed by atoms with Crippen molar-refractivity contribution in [2.45, 2.75) is 56.3 Å². The van der Waals surface area contributed by atoms with Crippen molar-refractivity contribution in [1.82, 2.24) is 16.0 Å². The minimum absolute atomic E-state index is 0.125. The summed E-state index contributed by atoms with van der Waals surface area (Å²) in [5.74, 6) is -6.82. The number of amides is 4. The summed E-state index contributed by atoms with van der Waals surface area (Å²) in [6.07, 6.45) is -0.986. The number of nitrogens with one attached hydrogen (secondary N) is 3. The largest absolute Gasteiger partial charge is 0.481 e. The van der Waals surface area contributed by atoms with Gasteiger partial charge in [-0.05, 0) is 19.3 Å². The molecule has 0 radical (unpaired) electrons. The summed E-state index contributed by atoms with van der Waals surface area (Å²) >= 11 is 3.95. The lowest BCUT2D eigenvalue weighted by atomic mass is 10.1. The fourth-order valence-corrected chi connectivity index (χ4v) is 2.86. The summed E-state index contributed by atoms with van der Waals surface area (Å²) in [6.45, 7) is 0.220. The van der Waals surface area contributed by atoms with E-state index in [-0.39, 0.29) is 31.1 Å². The number of thiol groups is 1. The van der Waals surface area contributed by atoms with E-state index >= 15 is 0 Å². The zero-order valence-corrected chi connectivity index (χ0v) is 19.7. The van der Waals surface area contributed by atoms with Crippen LogP contribution in [0, 0.1) is 0 Å². The van der Waals surface area contributed by atoms with Gasteiger partial charge in [0.15, 0.2) is 5.96 Å². The molecule has 17 heteroatoms. The minimum Gasteiger partial charge on any atom is -0.481 e. The molecule has 4 unspecified atom stereocenters. The van der Waals surface area contributed by atoms with Gasteiger partial charge >= 0.3 is 11.9 Å². The summed E-state index contributed by atoms with van der Waals surface area (Å²) in [6, 6.07) is -5.45. The van der Waals surface area contributed by atoms with E-state index < -0.39 is 72.6 Å². The Hall–Kier alpha value is -3.60. The average molecular weight is 521 g/mol. The number of carbonyl (C=O) groups is 6. The number of carboxylic acid groups (broad SMARTS) is 2. The van der Waals surface area contributed by atoms with Gasteiger partial charge in [0.2, 0.25) is 23.6 Å². The topological polar surface area (TPSA) is 295 Å². The summed E-state index contributed by atoms with van der Waals surface area (Å²) in [4.78, 5) is 74.4. The van der Waals surface area contributed by atoms with Crippen molar-refractivity contribution in [2.24, 2.45) is 27.9 Å². The number of rotatable bonds is 17. The fourth-order valence-electron chi connectivity index (χ4n) is 2.61. The van der Waals surface area contributed by atoms with Gasteiger partial charge in [-0.15, -0.1) is 0 Å². The van der Waals surface area contributed by atoms with E-state index in [4.69, 9.17) is 33.1 Å². The maximum absolute atomic E-state index is 12.7. The molecule has 0 aliphatic heterocycles. The third-order valence-electron chi connectivity index (χ3n) is 4.42. The summed E-state index contributed by atoms with van der Waals surface area (Å²) < 4.78 is 0. The predicted octanol–water partition coefficient (Wildman–Crippen LogP) is -4.42. The fraction of sp³-hybridized carbons (Fsp3) is 0.611. The van der Waals surface area contributed by atoms with Crippen LogP contribution in [-0.2, 0) is 28.8 Å². The van der Waals surface area contributed by atoms with E-state index in [1.54, 1.807) is 0 Å². The van der Waals surface area contributed by atoms with E-state index in [1.807, 2.05) is 0 Å². The quantitative estimate of drug-likeness (QED) is 0.0377. The second-order valence-corrected chi connectivity index (χ2v) is 7.73. The van der Waals surface area contributed by atoms with Gasteiger partial charge in [0.25, 0.3) is 0 Å². The van der Waals surface area contributed by atoms with Gasteiger partial charge in [-0.3, -0.25) is 29.0 Å². The van der Waals surface area contributed by atoms with Gasteiger partial charge in [0.05, 0.1) is 12.5 Å². The van der Waals surface area contributed by atoms with E-state index in [2.05, 4.69) is 33.6 Å². The predicted molar refractivity (Wildman–Crippen MR) is 126 cm³/mol. The average Bonchev–Trinajstić information content (AvgIpc) is 2.75. The third-order valence-corrected chi connectivity index (χ3v) is 4.78. The maximum Gasteiger partial charge on any atom is 0.326 e. The molecule has 0 aliphatic rings. The molecule has 35 heavy (non-hydrogen) atoms. The number of nitrogens with zero attached hydrogens (tertiary/aromatic N) is 1. The van der Waals surface area contributed by atoms with Crippen molar-refractivity contribution in [1.29, 1.82) is 0 Å². The van der Waals surface area contributed by atoms with Crippen molar-refractivity contribution in [2.75, 3.05) is 12.3 Å². The molecule has 4 amide bonds. The molecule has 0 fully saturated rings. The number of aliphatic imine (C=N–C) groups is 1. The molecule has 0 aliphatic carbocycles. The van der Waals surface area contributed by atoms with Crippen molar-refractivity contribution in [3.05, 3.63) is 0 Å². The summed E-state index contributed by atoms with van der Waals surface area (Å²) in [5, 5.41) is 24.7. The number of hydrogen-bond acceptors (Lipinski definition) is 9. The van der Waals surface area contributed by atoms with E-state index in [1.165, 1.54) is 0 Å². The van der Waals surface area contributed by atoms with Crippen molar-refractivity contribution in [3.63, 3.8) is 0 Å².